The molecule has 8 rings (SSSR count). The van der Waals surface area contributed by atoms with Crippen molar-refractivity contribution in [1.82, 2.24) is 0 Å². The Morgan fingerprint density at radius 2 is 0.458 bits per heavy atom. The van der Waals surface area contributed by atoms with Crippen LogP contribution in [-0.2, 0) is 26.4 Å². The number of hydrogen-bond donors (Lipinski definition) is 6. The number of hydrogen-bond acceptors (Lipinski definition) is 8. The van der Waals surface area contributed by atoms with E-state index in [9.17, 15) is 30.6 Å². The highest BCUT2D eigenvalue weighted by atomic mass is 16.5. The van der Waals surface area contributed by atoms with E-state index in [1.807, 2.05) is 72.8 Å². The Morgan fingerprint density at radius 1 is 0.250 bits per heavy atom. The van der Waals surface area contributed by atoms with E-state index in [4.69, 9.17) is 22.3 Å². The third kappa shape index (κ3) is 20.6. The van der Waals surface area contributed by atoms with Gasteiger partial charge in [0.1, 0.15) is 35.2 Å². The molecule has 96 heavy (non-hydrogen) atoms. The molecule has 0 bridgehead atoms. The second-order valence-electron chi connectivity index (χ2n) is 18.1. The summed E-state index contributed by atoms with van der Waals surface area (Å²) in [6.07, 6.45) is 15.2. The molecule has 8 aromatic rings. The van der Waals surface area contributed by atoms with Gasteiger partial charge in [-0.25, -0.2) is 0 Å². The zero-order chi connectivity index (χ0) is 67.6. The number of terminal acetylenes is 2. The molecular weight excluding hydrogens is 1180 g/mol. The fraction of sp³-hybridized carbons (Fsp3) is 0.0455. The van der Waals surface area contributed by atoms with Crippen molar-refractivity contribution in [2.45, 2.75) is 26.4 Å². The molecular formula is C88H124O8. The number of fused-ring (bicyclic) bond motifs is 4. The highest BCUT2D eigenvalue weighted by Crippen LogP contribution is 2.47. The number of benzene rings is 8. The maximum atomic E-state index is 10.6. The van der Waals surface area contributed by atoms with Gasteiger partial charge < -0.3 is 40.1 Å². The van der Waals surface area contributed by atoms with E-state index >= 15 is 0 Å². The second-order valence-corrected chi connectivity index (χ2v) is 18.1. The standard InChI is InChI=1S/C66H18O4.C22H18O4.44H2/c1-3-5-7-9-11-13-15-17-19-21-23-25-27-29-31-33-35-37-39-41-51-69-63-49-45-59-53-57(55-67)43-47-61(59)65(63)66-62-48-44-58(56-68)54-60(62)46-50-64(66)70-52-42-40-38-36-34-32-30-28-26-24-22-20-18-16-14-12-10-8-6-4-2;23-11-13-1-5-17-15(9-13)3-7-19(25)21(17)22-18-6-2-14(12-24)10-16(18)4-8-20(22)26;;;;;;;;;;;;;;;;;;;;;;;;;;;;;;;;;;;;;;;;;;;;/h1-2,43-50,53-54,67-68H,55-56H2;1-10,23-26H,11-12H2;44*1H. The van der Waals surface area contributed by atoms with Gasteiger partial charge in [0.25, 0.3) is 0 Å². The molecule has 6 N–H and O–H groups in total. The predicted octanol–water partition coefficient (Wildman–Crippen LogP) is 19.5. The molecule has 0 unspecified atom stereocenters. The summed E-state index contributed by atoms with van der Waals surface area (Å²) in [5.74, 6) is 101. The SMILES string of the molecule is C#CC#CC#CC#CC#CC#CC#CC#CC#CC#CC#COc1ccc2cc(CO)ccc2c1-c1c(OC#CC#CC#CC#CC#CC#CC#CC#CC#CC#CC#C)ccc2cc(CO)ccc12.OCc1ccc2c(-c3c(O)ccc4cc(CO)ccc34)c(O)ccc2c1.[HH].[HH].[HH].[HH].[HH].[HH].[HH].[HH].[HH].[HH].[HH].[HH].[HH].[HH].[HH].[HH].[HH].[HH].[HH].[HH].[HH].[HH].[HH].[HH].[HH].[HH].[HH].[HH].[HH].[HH].[HH].[HH].[HH].[HH].[HH].[HH].[HH].[HH].[HH].[HH].[HH].[HH].[HH].[HH]. The minimum Gasteiger partial charge on any atom is -0.507 e. The van der Waals surface area contributed by atoms with Crippen molar-refractivity contribution >= 4 is 43.1 Å². The number of aliphatic hydroxyl groups excluding tert-OH is 4. The first-order valence-electron chi connectivity index (χ1n) is 27.6. The Kier molecular flexibility index (Phi) is 27.1. The summed E-state index contributed by atoms with van der Waals surface area (Å²) in [7, 11) is 0. The van der Waals surface area contributed by atoms with Crippen molar-refractivity contribution in [3.63, 3.8) is 0 Å². The van der Waals surface area contributed by atoms with Gasteiger partial charge in [-0.2, -0.15) is 0 Å². The van der Waals surface area contributed by atoms with E-state index in [2.05, 4.69) is 249 Å². The monoisotopic (exact) mass is 1310 g/mol. The summed E-state index contributed by atoms with van der Waals surface area (Å²) >= 11 is 0. The highest BCUT2D eigenvalue weighted by molar-refractivity contribution is 6.11. The van der Waals surface area contributed by atoms with Gasteiger partial charge >= 0.3 is 0 Å². The Morgan fingerprint density at radius 3 is 0.688 bits per heavy atom. The van der Waals surface area contributed by atoms with Crippen molar-refractivity contribution < 1.29 is 103 Å². The molecule has 0 aliphatic heterocycles. The largest absolute Gasteiger partial charge is 0.507 e. The first kappa shape index (κ1) is 67.7. The van der Waals surface area contributed by atoms with Crippen LogP contribution in [0.4, 0.5) is 0 Å². The van der Waals surface area contributed by atoms with E-state index in [1.165, 1.54) is 0 Å². The van der Waals surface area contributed by atoms with Crippen molar-refractivity contribution in [3.8, 4) is 307 Å². The minimum atomic E-state index is -0.151. The van der Waals surface area contributed by atoms with E-state index in [-0.39, 0.29) is 101 Å². The first-order chi connectivity index (χ1) is 47.3. The molecule has 0 fully saturated rings. The molecule has 0 amide bonds. The average molecular weight is 1310 g/mol. The molecule has 0 radical (unpaired) electrons. The van der Waals surface area contributed by atoms with Crippen molar-refractivity contribution in [3.05, 3.63) is 144 Å². The van der Waals surface area contributed by atoms with Gasteiger partial charge in [-0.3, -0.25) is 0 Å². The van der Waals surface area contributed by atoms with E-state index < -0.39 is 0 Å². The Balaban J connectivity index is -0.0000000368. The lowest BCUT2D eigenvalue weighted by atomic mass is 9.91. The van der Waals surface area contributed by atoms with Crippen LogP contribution >= 0.6 is 0 Å². The molecule has 8 heteroatoms. The minimum absolute atomic E-state index is 0. The van der Waals surface area contributed by atoms with Crippen molar-refractivity contribution in [1.29, 1.82) is 0 Å². The number of rotatable bonds is 8. The Bertz CT molecular complexity index is 5780. The Hall–Kier alpha value is -15.8. The van der Waals surface area contributed by atoms with Crippen molar-refractivity contribution in [2.24, 2.45) is 0 Å². The van der Waals surface area contributed by atoms with Gasteiger partial charge in [-0.05, 0) is 209 Å². The van der Waals surface area contributed by atoms with Crippen LogP contribution in [0.2, 0.25) is 0 Å². The lowest BCUT2D eigenvalue weighted by molar-refractivity contribution is 0.282. The van der Waals surface area contributed by atoms with Crippen LogP contribution in [-0.4, -0.2) is 30.6 Å². The Labute approximate surface area is 622 Å². The smallest absolute Gasteiger partial charge is 0.148 e. The maximum Gasteiger partial charge on any atom is 0.148 e. The third-order valence-electron chi connectivity index (χ3n) is 12.3. The number of ether oxygens (including phenoxy) is 2. The number of phenols is 2. The van der Waals surface area contributed by atoms with Gasteiger partial charge in [0.15, 0.2) is 0 Å². The quantitative estimate of drug-likeness (QED) is 0.0827. The third-order valence-corrected chi connectivity index (χ3v) is 12.3. The van der Waals surface area contributed by atoms with Crippen LogP contribution in [0.5, 0.6) is 23.0 Å². The van der Waals surface area contributed by atoms with Crippen LogP contribution in [0.1, 0.15) is 85.0 Å². The summed E-state index contributed by atoms with van der Waals surface area (Å²) in [4.78, 5) is 0. The molecule has 8 aromatic carbocycles. The summed E-state index contributed by atoms with van der Waals surface area (Å²) in [5.41, 5.74) is 5.33. The molecule has 0 aromatic heterocycles. The molecule has 0 saturated carbocycles. The van der Waals surface area contributed by atoms with Crippen LogP contribution < -0.4 is 9.47 Å². The summed E-state index contributed by atoms with van der Waals surface area (Å²) in [6, 6.07) is 36.1. The molecule has 0 heterocycles. The highest BCUT2D eigenvalue weighted by Gasteiger charge is 2.21. The maximum absolute atomic E-state index is 10.6. The van der Waals surface area contributed by atoms with E-state index in [0.29, 0.717) is 44.9 Å². The number of aromatic hydroxyl groups is 2. The van der Waals surface area contributed by atoms with Gasteiger partial charge in [-0.15, -0.1) is 12.8 Å². The lowest BCUT2D eigenvalue weighted by Crippen LogP contribution is -1.96. The zero-order valence-electron chi connectivity index (χ0n) is 50.0. The van der Waals surface area contributed by atoms with Crippen LogP contribution in [0.25, 0.3) is 65.3 Å². The van der Waals surface area contributed by atoms with Crippen LogP contribution in [0, 0.1) is 262 Å². The second kappa shape index (κ2) is 38.4. The normalized spacial score (nSPS) is 8.02. The fourth-order valence-corrected chi connectivity index (χ4v) is 8.41. The van der Waals surface area contributed by atoms with Gasteiger partial charge in [0.2, 0.25) is 0 Å². The molecule has 0 atom stereocenters. The lowest BCUT2D eigenvalue weighted by Gasteiger charge is -2.17. The number of phenolic OH excluding ortho intramolecular Hbond substituents is 2. The van der Waals surface area contributed by atoms with Gasteiger partial charge in [-0.1, -0.05) is 72.8 Å². The van der Waals surface area contributed by atoms with Gasteiger partial charge in [0.05, 0.1) is 26.4 Å². The number of aliphatic hydroxyl groups is 4. The fourth-order valence-electron chi connectivity index (χ4n) is 8.41. The molecule has 8 nitrogen and oxygen atoms in total. The zero-order valence-corrected chi connectivity index (χ0v) is 50.0. The average Bonchev–Trinajstić information content (AvgIpc) is 0.320. The molecule has 0 aliphatic rings. The summed E-state index contributed by atoms with van der Waals surface area (Å²) in [6.45, 7) is -0.423. The molecule has 0 spiro atoms. The van der Waals surface area contributed by atoms with Gasteiger partial charge in [0, 0.05) is 227 Å². The van der Waals surface area contributed by atoms with Crippen LogP contribution in [0.3, 0.4) is 0 Å². The molecule has 0 saturated heterocycles. The molecule has 524 valence electrons. The predicted molar refractivity (Wildman–Crippen MR) is 468 cm³/mol. The van der Waals surface area contributed by atoms with Crippen molar-refractivity contribution in [2.75, 3.05) is 0 Å². The topological polar surface area (TPSA) is 140 Å². The summed E-state index contributed by atoms with van der Waals surface area (Å²) < 4.78 is 12.0. The first-order valence-corrected chi connectivity index (χ1v) is 27.6. The van der Waals surface area contributed by atoms with E-state index in [1.54, 1.807) is 48.5 Å². The molecule has 0 aliphatic carbocycles. The van der Waals surface area contributed by atoms with E-state index in [0.717, 1.165) is 54.2 Å². The van der Waals surface area contributed by atoms with Crippen LogP contribution in [0.15, 0.2) is 121 Å². The summed E-state index contributed by atoms with van der Waals surface area (Å²) in [5, 5.41) is 66.1.